The van der Waals surface area contributed by atoms with Crippen molar-refractivity contribution >= 4 is 11.8 Å². The van der Waals surface area contributed by atoms with Gasteiger partial charge in [-0.05, 0) is 19.2 Å². The summed E-state index contributed by atoms with van der Waals surface area (Å²) in [7, 11) is 1.63. The smallest absolute Gasteiger partial charge is 0.257 e. The van der Waals surface area contributed by atoms with Crippen LogP contribution in [0.1, 0.15) is 10.4 Å². The molecule has 3 N–H and O–H groups in total. The van der Waals surface area contributed by atoms with Crippen molar-refractivity contribution in [3.8, 4) is 0 Å². The van der Waals surface area contributed by atoms with Crippen molar-refractivity contribution in [1.82, 2.24) is 16.0 Å². The van der Waals surface area contributed by atoms with Gasteiger partial charge < -0.3 is 16.0 Å². The van der Waals surface area contributed by atoms with Crippen molar-refractivity contribution in [3.05, 3.63) is 35.4 Å². The molecule has 0 atom stereocenters. The van der Waals surface area contributed by atoms with Crippen LogP contribution in [0.3, 0.4) is 0 Å². The van der Waals surface area contributed by atoms with Gasteiger partial charge in [0.2, 0.25) is 5.91 Å². The van der Waals surface area contributed by atoms with Crippen LogP contribution in [0, 0.1) is 11.6 Å². The van der Waals surface area contributed by atoms with E-state index in [-0.39, 0.29) is 25.5 Å². The zero-order valence-corrected chi connectivity index (χ0v) is 10.4. The van der Waals surface area contributed by atoms with Crippen molar-refractivity contribution in [2.24, 2.45) is 0 Å². The Morgan fingerprint density at radius 1 is 1.11 bits per heavy atom. The van der Waals surface area contributed by atoms with Crippen LogP contribution in [-0.2, 0) is 4.79 Å². The Labute approximate surface area is 109 Å². The molecule has 0 aromatic heterocycles. The molecule has 1 aromatic rings. The van der Waals surface area contributed by atoms with Crippen molar-refractivity contribution in [2.75, 3.05) is 26.7 Å². The van der Waals surface area contributed by atoms with Gasteiger partial charge in [-0.25, -0.2) is 8.78 Å². The normalized spacial score (nSPS) is 10.1. The standard InChI is InChI=1S/C12H15F2N3O2/c1-15-7-10(18)16-5-6-17-12(19)11-8(13)3-2-4-9(11)14/h2-4,15H,5-7H2,1H3,(H,16,18)(H,17,19). The van der Waals surface area contributed by atoms with Crippen LogP contribution >= 0.6 is 0 Å². The van der Waals surface area contributed by atoms with E-state index < -0.39 is 23.1 Å². The predicted octanol–water partition coefficient (Wildman–Crippen LogP) is 0.0302. The van der Waals surface area contributed by atoms with Gasteiger partial charge in [-0.15, -0.1) is 0 Å². The van der Waals surface area contributed by atoms with Crippen molar-refractivity contribution in [2.45, 2.75) is 0 Å². The number of benzene rings is 1. The molecule has 0 unspecified atom stereocenters. The van der Waals surface area contributed by atoms with Crippen molar-refractivity contribution in [1.29, 1.82) is 0 Å². The molecule has 0 saturated carbocycles. The monoisotopic (exact) mass is 271 g/mol. The highest BCUT2D eigenvalue weighted by atomic mass is 19.1. The fourth-order valence-corrected chi connectivity index (χ4v) is 1.40. The Bertz CT molecular complexity index is 446. The maximum atomic E-state index is 13.3. The van der Waals surface area contributed by atoms with Crippen LogP contribution in [-0.4, -0.2) is 38.5 Å². The molecule has 0 fully saturated rings. The van der Waals surface area contributed by atoms with Gasteiger partial charge in [0.15, 0.2) is 0 Å². The number of hydrogen-bond donors (Lipinski definition) is 3. The molecule has 1 aromatic carbocycles. The number of carbonyl (C=O) groups excluding carboxylic acids is 2. The van der Waals surface area contributed by atoms with E-state index in [1.165, 1.54) is 6.07 Å². The zero-order valence-electron chi connectivity index (χ0n) is 10.4. The summed E-state index contributed by atoms with van der Waals surface area (Å²) in [6.07, 6.45) is 0. The maximum absolute atomic E-state index is 13.3. The Hall–Kier alpha value is -2.02. The number of halogens is 2. The zero-order chi connectivity index (χ0) is 14.3. The first-order valence-electron chi connectivity index (χ1n) is 5.69. The number of hydrogen-bond acceptors (Lipinski definition) is 3. The number of amides is 2. The molecule has 19 heavy (non-hydrogen) atoms. The molecular weight excluding hydrogens is 256 g/mol. The molecule has 0 aliphatic carbocycles. The lowest BCUT2D eigenvalue weighted by Crippen LogP contribution is -2.38. The molecule has 0 heterocycles. The minimum Gasteiger partial charge on any atom is -0.353 e. The Morgan fingerprint density at radius 3 is 2.26 bits per heavy atom. The summed E-state index contributed by atoms with van der Waals surface area (Å²) in [5.41, 5.74) is -0.621. The SMILES string of the molecule is CNCC(=O)NCCNC(=O)c1c(F)cccc1F. The summed E-state index contributed by atoms with van der Waals surface area (Å²) in [5, 5.41) is 7.50. The minimum absolute atomic E-state index is 0.0854. The van der Waals surface area contributed by atoms with Crippen LogP contribution in [0.15, 0.2) is 18.2 Å². The third-order valence-electron chi connectivity index (χ3n) is 2.26. The van der Waals surface area contributed by atoms with Crippen molar-refractivity contribution < 1.29 is 18.4 Å². The van der Waals surface area contributed by atoms with Gasteiger partial charge in [0.25, 0.3) is 5.91 Å². The summed E-state index contributed by atoms with van der Waals surface area (Å²) < 4.78 is 26.5. The fraction of sp³-hybridized carbons (Fsp3) is 0.333. The highest BCUT2D eigenvalue weighted by molar-refractivity contribution is 5.94. The lowest BCUT2D eigenvalue weighted by Gasteiger charge is -2.08. The summed E-state index contributed by atoms with van der Waals surface area (Å²) in [6, 6.07) is 3.19. The van der Waals surface area contributed by atoms with E-state index in [1.54, 1.807) is 7.05 Å². The fourth-order valence-electron chi connectivity index (χ4n) is 1.40. The van der Waals surface area contributed by atoms with Gasteiger partial charge in [0.1, 0.15) is 17.2 Å². The van der Waals surface area contributed by atoms with Crippen LogP contribution in [0.5, 0.6) is 0 Å². The van der Waals surface area contributed by atoms with Gasteiger partial charge in [-0.1, -0.05) is 6.07 Å². The number of rotatable bonds is 6. The van der Waals surface area contributed by atoms with Gasteiger partial charge in [-0.3, -0.25) is 9.59 Å². The summed E-state index contributed by atoms with van der Waals surface area (Å²) in [4.78, 5) is 22.6. The van der Waals surface area contributed by atoms with E-state index in [2.05, 4.69) is 16.0 Å². The van der Waals surface area contributed by atoms with Crippen LogP contribution in [0.4, 0.5) is 8.78 Å². The molecule has 0 radical (unpaired) electrons. The lowest BCUT2D eigenvalue weighted by atomic mass is 10.2. The Balaban J connectivity index is 2.42. The second kappa shape index (κ2) is 7.42. The number of likely N-dealkylation sites (N-methyl/N-ethyl adjacent to an activating group) is 1. The molecule has 0 aliphatic rings. The van der Waals surface area contributed by atoms with E-state index >= 15 is 0 Å². The third kappa shape index (κ3) is 4.63. The van der Waals surface area contributed by atoms with E-state index in [0.29, 0.717) is 0 Å². The maximum Gasteiger partial charge on any atom is 0.257 e. The Morgan fingerprint density at radius 2 is 1.68 bits per heavy atom. The molecule has 0 saturated heterocycles. The highest BCUT2D eigenvalue weighted by Gasteiger charge is 2.16. The first-order chi connectivity index (χ1) is 9.06. The lowest BCUT2D eigenvalue weighted by molar-refractivity contribution is -0.120. The van der Waals surface area contributed by atoms with Gasteiger partial charge in [0, 0.05) is 13.1 Å². The van der Waals surface area contributed by atoms with Gasteiger partial charge >= 0.3 is 0 Å². The second-order valence-corrected chi connectivity index (χ2v) is 3.73. The molecular formula is C12H15F2N3O2. The quantitative estimate of drug-likeness (QED) is 0.639. The highest BCUT2D eigenvalue weighted by Crippen LogP contribution is 2.11. The number of carbonyl (C=O) groups is 2. The third-order valence-corrected chi connectivity index (χ3v) is 2.26. The molecule has 104 valence electrons. The average molecular weight is 271 g/mol. The van der Waals surface area contributed by atoms with E-state index in [0.717, 1.165) is 12.1 Å². The summed E-state index contributed by atoms with van der Waals surface area (Å²) >= 11 is 0. The van der Waals surface area contributed by atoms with E-state index in [4.69, 9.17) is 0 Å². The summed E-state index contributed by atoms with van der Waals surface area (Å²) in [6.45, 7) is 0.431. The molecule has 0 bridgehead atoms. The average Bonchev–Trinajstić information content (AvgIpc) is 2.35. The van der Waals surface area contributed by atoms with Crippen LogP contribution < -0.4 is 16.0 Å². The topological polar surface area (TPSA) is 70.2 Å². The second-order valence-electron chi connectivity index (χ2n) is 3.73. The molecule has 0 aliphatic heterocycles. The first kappa shape index (κ1) is 15.0. The van der Waals surface area contributed by atoms with Crippen molar-refractivity contribution in [3.63, 3.8) is 0 Å². The van der Waals surface area contributed by atoms with Gasteiger partial charge in [0.05, 0.1) is 6.54 Å². The summed E-state index contributed by atoms with van der Waals surface area (Å²) in [5.74, 6) is -2.92. The first-order valence-corrected chi connectivity index (χ1v) is 5.69. The largest absolute Gasteiger partial charge is 0.353 e. The molecule has 5 nitrogen and oxygen atoms in total. The predicted molar refractivity (Wildman–Crippen MR) is 65.6 cm³/mol. The van der Waals surface area contributed by atoms with Crippen LogP contribution in [0.2, 0.25) is 0 Å². The minimum atomic E-state index is -0.920. The molecule has 2 amide bonds. The molecule has 1 rings (SSSR count). The molecule has 0 spiro atoms. The Kier molecular flexibility index (Phi) is 5.87. The molecule has 7 heteroatoms. The van der Waals surface area contributed by atoms with Crippen LogP contribution in [0.25, 0.3) is 0 Å². The van der Waals surface area contributed by atoms with Gasteiger partial charge in [-0.2, -0.15) is 0 Å². The number of nitrogens with one attached hydrogen (secondary N) is 3. The van der Waals surface area contributed by atoms with E-state index in [9.17, 15) is 18.4 Å². The van der Waals surface area contributed by atoms with E-state index in [1.807, 2.05) is 0 Å².